The van der Waals surface area contributed by atoms with E-state index >= 15 is 0 Å². The molecule has 0 spiro atoms. The average Bonchev–Trinajstić information content (AvgIpc) is 3.42. The van der Waals surface area contributed by atoms with Crippen LogP contribution in [0.4, 0.5) is 4.79 Å². The lowest BCUT2D eigenvalue weighted by Gasteiger charge is -2.49. The number of thioether (sulfide) groups is 1. The summed E-state index contributed by atoms with van der Waals surface area (Å²) in [6, 6.07) is 2.08. The summed E-state index contributed by atoms with van der Waals surface area (Å²) in [5.41, 5.74) is 4.68. The maximum absolute atomic E-state index is 12.6. The molecule has 8 N–H and O–H groups in total. The fourth-order valence-electron chi connectivity index (χ4n) is 3.14. The van der Waals surface area contributed by atoms with E-state index in [1.807, 2.05) is 0 Å². The summed E-state index contributed by atoms with van der Waals surface area (Å²) in [6.07, 6.45) is -4.24. The summed E-state index contributed by atoms with van der Waals surface area (Å²) in [7, 11) is 1.25. The summed E-state index contributed by atoms with van der Waals surface area (Å²) in [5, 5.41) is 47.5. The molecule has 19 heteroatoms. The lowest BCUT2D eigenvalue weighted by atomic mass is 10.0. The average molecular weight is 574 g/mol. The summed E-state index contributed by atoms with van der Waals surface area (Å²) >= 11 is 1.21. The van der Waals surface area contributed by atoms with Crippen LogP contribution in [0.2, 0.25) is 0 Å². The van der Waals surface area contributed by atoms with Gasteiger partial charge < -0.3 is 50.6 Å². The van der Waals surface area contributed by atoms with E-state index in [4.69, 9.17) is 30.6 Å². The number of β-lactam (4-membered cyclic amide) rings is 1. The Morgan fingerprint density at radius 2 is 1.82 bits per heavy atom. The topological polar surface area (TPSA) is 289 Å². The Bertz CT molecular complexity index is 1180. The van der Waals surface area contributed by atoms with Gasteiger partial charge in [0.25, 0.3) is 11.8 Å². The molecule has 212 valence electrons. The van der Waals surface area contributed by atoms with Crippen molar-refractivity contribution in [1.82, 2.24) is 10.2 Å². The van der Waals surface area contributed by atoms with Crippen molar-refractivity contribution in [2.45, 2.75) is 23.6 Å². The van der Waals surface area contributed by atoms with Crippen LogP contribution in [0.15, 0.2) is 39.2 Å². The maximum Gasteiger partial charge on any atom is 0.404 e. The number of primary amides is 1. The zero-order valence-electron chi connectivity index (χ0n) is 19.7. The SMILES string of the molecule is CO/N=C(/C(=O)N[C@@H]1C(=O)N2C(C(=O)O)=C(COC(N)=O)CS[C@H]12)c1ccco1.O=C(O)C(O)C(O)C(=O)O. The molecule has 0 radical (unpaired) electrons. The van der Waals surface area contributed by atoms with Crippen LogP contribution in [0, 0.1) is 0 Å². The van der Waals surface area contributed by atoms with Crippen molar-refractivity contribution in [2.75, 3.05) is 19.5 Å². The summed E-state index contributed by atoms with van der Waals surface area (Å²) < 4.78 is 9.79. The van der Waals surface area contributed by atoms with Crippen molar-refractivity contribution >= 4 is 53.3 Å². The normalized spacial score (nSPS) is 19.8. The first-order chi connectivity index (χ1) is 18.3. The molecule has 1 aromatic rings. The third kappa shape index (κ3) is 7.24. The number of nitrogens with two attached hydrogens (primary N) is 1. The first-order valence-electron chi connectivity index (χ1n) is 10.4. The first-order valence-corrected chi connectivity index (χ1v) is 11.5. The van der Waals surface area contributed by atoms with E-state index in [0.29, 0.717) is 0 Å². The lowest BCUT2D eigenvalue weighted by Crippen LogP contribution is -2.71. The molecule has 1 saturated heterocycles. The predicted molar refractivity (Wildman–Crippen MR) is 125 cm³/mol. The van der Waals surface area contributed by atoms with Gasteiger partial charge in [-0.2, -0.15) is 0 Å². The van der Waals surface area contributed by atoms with Gasteiger partial charge in [0.2, 0.25) is 5.71 Å². The minimum absolute atomic E-state index is 0.140. The first kappa shape index (κ1) is 30.6. The molecular formula is C20H22N4O14S. The molecular weight excluding hydrogens is 552 g/mol. The molecule has 0 aromatic carbocycles. The van der Waals surface area contributed by atoms with Crippen LogP contribution in [-0.2, 0) is 33.5 Å². The largest absolute Gasteiger partial charge is 0.479 e. The van der Waals surface area contributed by atoms with Crippen molar-refractivity contribution in [2.24, 2.45) is 10.9 Å². The van der Waals surface area contributed by atoms with Gasteiger partial charge >= 0.3 is 24.0 Å². The molecule has 2 unspecified atom stereocenters. The quantitative estimate of drug-likeness (QED) is 0.0852. The second-order valence-corrected chi connectivity index (χ2v) is 8.50. The Balaban J connectivity index is 0.000000455. The number of carboxylic acids is 3. The van der Waals surface area contributed by atoms with Gasteiger partial charge in [-0.25, -0.2) is 19.2 Å². The summed E-state index contributed by atoms with van der Waals surface area (Å²) in [6.45, 7) is -0.347. The number of hydrogen-bond acceptors (Lipinski definition) is 13. The standard InChI is InChI=1S/C16H16N4O8S.C4H6O6/c1-26-19-9(8-3-2-4-27-8)12(21)18-10-13(22)20-11(15(23)24)7(5-28-16(17)25)6-29-14(10)20;5-1(3(7)8)2(6)4(9)10/h2-4,10,14H,5-6H2,1H3,(H2,17,25)(H,18,21)(H,23,24);1-2,5-6H,(H,7,8)(H,9,10)/b19-9+;/t10-,14-;/m1./s1. The van der Waals surface area contributed by atoms with E-state index in [1.54, 1.807) is 6.07 Å². The van der Waals surface area contributed by atoms with E-state index in [9.17, 15) is 33.9 Å². The number of aliphatic hydroxyl groups excluding tert-OH is 2. The molecule has 4 atom stereocenters. The molecule has 1 aromatic heterocycles. The fraction of sp³-hybridized carbons (Fsp3) is 0.350. The molecule has 2 aliphatic heterocycles. The molecule has 0 bridgehead atoms. The Kier molecular flexibility index (Phi) is 10.4. The molecule has 18 nitrogen and oxygen atoms in total. The minimum Gasteiger partial charge on any atom is -0.479 e. The summed E-state index contributed by atoms with van der Waals surface area (Å²) in [5.74, 6) is -5.92. The summed E-state index contributed by atoms with van der Waals surface area (Å²) in [4.78, 5) is 72.8. The van der Waals surface area contributed by atoms with Gasteiger partial charge in [-0.15, -0.1) is 11.8 Å². The Morgan fingerprint density at radius 1 is 1.21 bits per heavy atom. The molecule has 0 saturated carbocycles. The highest BCUT2D eigenvalue weighted by Gasteiger charge is 2.54. The van der Waals surface area contributed by atoms with Crippen molar-refractivity contribution in [3.05, 3.63) is 35.4 Å². The highest BCUT2D eigenvalue weighted by molar-refractivity contribution is 8.00. The fourth-order valence-corrected chi connectivity index (χ4v) is 4.46. The number of aliphatic hydroxyl groups is 2. The molecule has 3 heterocycles. The van der Waals surface area contributed by atoms with E-state index in [2.05, 4.69) is 20.0 Å². The van der Waals surface area contributed by atoms with Gasteiger partial charge in [-0.05, 0) is 12.1 Å². The van der Waals surface area contributed by atoms with Crippen LogP contribution in [-0.4, -0.2) is 115 Å². The number of furan rings is 1. The zero-order valence-corrected chi connectivity index (χ0v) is 20.6. The van der Waals surface area contributed by atoms with E-state index < -0.39 is 59.4 Å². The number of carbonyl (C=O) groups excluding carboxylic acids is 3. The van der Waals surface area contributed by atoms with Crippen LogP contribution in [0.1, 0.15) is 5.76 Å². The number of oxime groups is 1. The van der Waals surface area contributed by atoms with E-state index in [-0.39, 0.29) is 35.1 Å². The van der Waals surface area contributed by atoms with Crippen molar-refractivity contribution in [1.29, 1.82) is 0 Å². The number of hydrogen-bond donors (Lipinski definition) is 7. The van der Waals surface area contributed by atoms with Gasteiger partial charge in [0.05, 0.1) is 6.26 Å². The van der Waals surface area contributed by atoms with Gasteiger partial charge in [-0.3, -0.25) is 14.5 Å². The van der Waals surface area contributed by atoms with Crippen LogP contribution >= 0.6 is 11.8 Å². The molecule has 1 fully saturated rings. The third-order valence-corrected chi connectivity index (χ3v) is 6.22. The number of fused-ring (bicyclic) bond motifs is 1. The Labute approximate surface area is 221 Å². The highest BCUT2D eigenvalue weighted by atomic mass is 32.2. The molecule has 0 aliphatic carbocycles. The Hall–Kier alpha value is -4.62. The minimum atomic E-state index is -2.27. The number of carboxylic acid groups (broad SMARTS) is 3. The van der Waals surface area contributed by atoms with Crippen LogP contribution < -0.4 is 11.1 Å². The second-order valence-electron chi connectivity index (χ2n) is 7.39. The number of nitrogens with zero attached hydrogens (tertiary/aromatic N) is 2. The smallest absolute Gasteiger partial charge is 0.404 e. The van der Waals surface area contributed by atoms with Crippen molar-refractivity contribution in [3.8, 4) is 0 Å². The number of rotatable bonds is 10. The van der Waals surface area contributed by atoms with E-state index in [1.165, 1.54) is 31.2 Å². The zero-order chi connectivity index (χ0) is 29.4. The van der Waals surface area contributed by atoms with Gasteiger partial charge in [0.1, 0.15) is 30.8 Å². The van der Waals surface area contributed by atoms with Gasteiger partial charge in [0.15, 0.2) is 18.0 Å². The Morgan fingerprint density at radius 3 is 2.28 bits per heavy atom. The third-order valence-electron chi connectivity index (χ3n) is 4.88. The van der Waals surface area contributed by atoms with E-state index in [0.717, 1.165) is 4.90 Å². The van der Waals surface area contributed by atoms with Gasteiger partial charge in [0, 0.05) is 11.3 Å². The van der Waals surface area contributed by atoms with Crippen LogP contribution in [0.5, 0.6) is 0 Å². The predicted octanol–water partition coefficient (Wildman–Crippen LogP) is -2.66. The van der Waals surface area contributed by atoms with Crippen LogP contribution in [0.25, 0.3) is 0 Å². The van der Waals surface area contributed by atoms with Gasteiger partial charge in [-0.1, -0.05) is 5.16 Å². The molecule has 3 rings (SSSR count). The molecule has 2 aliphatic rings. The highest BCUT2D eigenvalue weighted by Crippen LogP contribution is 2.40. The number of aliphatic carboxylic acids is 3. The number of amides is 3. The monoisotopic (exact) mass is 574 g/mol. The number of ether oxygens (including phenoxy) is 1. The van der Waals surface area contributed by atoms with Crippen LogP contribution in [0.3, 0.4) is 0 Å². The van der Waals surface area contributed by atoms with Crippen molar-refractivity contribution < 1.29 is 68.3 Å². The number of carbonyl (C=O) groups is 6. The van der Waals surface area contributed by atoms with Crippen molar-refractivity contribution in [3.63, 3.8) is 0 Å². The number of nitrogens with one attached hydrogen (secondary N) is 1. The molecule has 39 heavy (non-hydrogen) atoms. The second kappa shape index (κ2) is 13.3. The lowest BCUT2D eigenvalue weighted by molar-refractivity contribution is -0.165. The maximum atomic E-state index is 12.6. The molecule has 3 amide bonds.